The van der Waals surface area contributed by atoms with Crippen molar-refractivity contribution in [1.29, 1.82) is 0 Å². The molecule has 25 heavy (non-hydrogen) atoms. The van der Waals surface area contributed by atoms with Crippen molar-refractivity contribution < 1.29 is 4.74 Å². The number of anilines is 1. The first-order valence-corrected chi connectivity index (χ1v) is 9.40. The van der Waals surface area contributed by atoms with Gasteiger partial charge in [0.15, 0.2) is 0 Å². The van der Waals surface area contributed by atoms with Crippen molar-refractivity contribution in [1.82, 2.24) is 9.88 Å². The third-order valence-electron chi connectivity index (χ3n) is 6.53. The monoisotopic (exact) mass is 335 g/mol. The zero-order valence-corrected chi connectivity index (χ0v) is 14.7. The lowest BCUT2D eigenvalue weighted by Crippen LogP contribution is -2.60. The molecule has 1 aromatic heterocycles. The fraction of sp³-hybridized carbons (Fsp3) is 0.476. The molecule has 3 atom stereocenters. The van der Waals surface area contributed by atoms with E-state index in [2.05, 4.69) is 51.2 Å². The Morgan fingerprint density at radius 1 is 1.00 bits per heavy atom. The first kappa shape index (κ1) is 15.2. The minimum absolute atomic E-state index is 0.498. The van der Waals surface area contributed by atoms with E-state index >= 15 is 0 Å². The Morgan fingerprint density at radius 2 is 1.76 bits per heavy atom. The number of benzene rings is 1. The van der Waals surface area contributed by atoms with Crippen molar-refractivity contribution in [3.63, 3.8) is 0 Å². The van der Waals surface area contributed by atoms with Crippen LogP contribution in [0.4, 0.5) is 5.69 Å². The van der Waals surface area contributed by atoms with Crippen LogP contribution in [0.15, 0.2) is 48.8 Å². The van der Waals surface area contributed by atoms with Crippen molar-refractivity contribution in [3.8, 4) is 5.75 Å². The minimum Gasteiger partial charge on any atom is -0.496 e. The second-order valence-corrected chi connectivity index (χ2v) is 7.56. The van der Waals surface area contributed by atoms with E-state index in [9.17, 15) is 0 Å². The largest absolute Gasteiger partial charge is 0.496 e. The number of hydrogen-bond donors (Lipinski definition) is 0. The number of rotatable bonds is 3. The number of fused-ring (bicyclic) bond motifs is 2. The second-order valence-electron chi connectivity index (χ2n) is 7.56. The van der Waals surface area contributed by atoms with E-state index in [1.807, 2.05) is 12.4 Å². The quantitative estimate of drug-likeness (QED) is 0.861. The van der Waals surface area contributed by atoms with Gasteiger partial charge in [-0.2, -0.15) is 0 Å². The number of aromatic nitrogens is 1. The van der Waals surface area contributed by atoms with E-state index in [1.165, 1.54) is 37.2 Å². The Labute approximate surface area is 149 Å². The van der Waals surface area contributed by atoms with E-state index in [0.717, 1.165) is 18.2 Å². The smallest absolute Gasteiger partial charge is 0.122 e. The predicted octanol–water partition coefficient (Wildman–Crippen LogP) is 3.16. The van der Waals surface area contributed by atoms with Crippen molar-refractivity contribution in [3.05, 3.63) is 54.4 Å². The van der Waals surface area contributed by atoms with E-state index < -0.39 is 0 Å². The Hall–Kier alpha value is -2.07. The number of para-hydroxylation sites is 1. The van der Waals surface area contributed by atoms with Gasteiger partial charge in [-0.3, -0.25) is 9.88 Å². The van der Waals surface area contributed by atoms with Crippen LogP contribution < -0.4 is 9.64 Å². The highest BCUT2D eigenvalue weighted by atomic mass is 16.5. The zero-order chi connectivity index (χ0) is 16.8. The van der Waals surface area contributed by atoms with Gasteiger partial charge in [0.05, 0.1) is 7.11 Å². The molecular weight excluding hydrogens is 310 g/mol. The average molecular weight is 335 g/mol. The van der Waals surface area contributed by atoms with Crippen LogP contribution in [0.2, 0.25) is 0 Å². The fourth-order valence-electron chi connectivity index (χ4n) is 5.50. The number of piperidine rings is 3. The van der Waals surface area contributed by atoms with Crippen LogP contribution in [0.1, 0.15) is 24.3 Å². The molecule has 4 aliphatic rings. The first-order valence-electron chi connectivity index (χ1n) is 9.40. The molecule has 130 valence electrons. The third kappa shape index (κ3) is 2.35. The number of methoxy groups -OCH3 is 1. The summed E-state index contributed by atoms with van der Waals surface area (Å²) in [7, 11) is 1.79. The van der Waals surface area contributed by atoms with Crippen LogP contribution in [-0.2, 0) is 0 Å². The average Bonchev–Trinajstić information content (AvgIpc) is 3.12. The maximum atomic E-state index is 5.71. The van der Waals surface area contributed by atoms with Crippen LogP contribution in [0, 0.1) is 5.92 Å². The van der Waals surface area contributed by atoms with Gasteiger partial charge in [-0.15, -0.1) is 0 Å². The molecule has 6 rings (SSSR count). The highest BCUT2D eigenvalue weighted by Gasteiger charge is 2.53. The summed E-state index contributed by atoms with van der Waals surface area (Å²) in [4.78, 5) is 9.61. The Morgan fingerprint density at radius 3 is 2.52 bits per heavy atom. The van der Waals surface area contributed by atoms with Gasteiger partial charge in [-0.25, -0.2) is 0 Å². The van der Waals surface area contributed by atoms with E-state index in [4.69, 9.17) is 4.74 Å². The molecule has 0 amide bonds. The second kappa shape index (κ2) is 6.03. The molecule has 4 heteroatoms. The first-order chi connectivity index (χ1) is 12.4. The van der Waals surface area contributed by atoms with E-state index in [0.29, 0.717) is 18.0 Å². The summed E-state index contributed by atoms with van der Waals surface area (Å²) in [6.45, 7) is 3.57. The summed E-state index contributed by atoms with van der Waals surface area (Å²) in [6.07, 6.45) is 6.51. The normalized spacial score (nSPS) is 33.3. The van der Waals surface area contributed by atoms with Gasteiger partial charge < -0.3 is 9.64 Å². The lowest BCUT2D eigenvalue weighted by molar-refractivity contribution is 0.0353. The number of pyridine rings is 1. The third-order valence-corrected chi connectivity index (χ3v) is 6.53. The van der Waals surface area contributed by atoms with Crippen LogP contribution in [0.5, 0.6) is 5.75 Å². The maximum Gasteiger partial charge on any atom is 0.122 e. The van der Waals surface area contributed by atoms with Crippen molar-refractivity contribution >= 4 is 5.69 Å². The summed E-state index contributed by atoms with van der Waals surface area (Å²) >= 11 is 0. The molecule has 0 spiro atoms. The molecule has 2 aromatic rings. The Kier molecular flexibility index (Phi) is 3.66. The summed E-state index contributed by atoms with van der Waals surface area (Å²) < 4.78 is 5.71. The molecule has 2 bridgehead atoms. The number of hydrogen-bond acceptors (Lipinski definition) is 4. The SMILES string of the molecule is COc1ccccc1[C@@H]1CN(c2ccncc2)[C@@H]2C3CCN(CC3)[C@@H]21. The summed E-state index contributed by atoms with van der Waals surface area (Å²) in [5.41, 5.74) is 2.68. The van der Waals surface area contributed by atoms with Gasteiger partial charge >= 0.3 is 0 Å². The van der Waals surface area contributed by atoms with Gasteiger partial charge in [-0.1, -0.05) is 18.2 Å². The summed E-state index contributed by atoms with van der Waals surface area (Å²) in [5.74, 6) is 2.34. The van der Waals surface area contributed by atoms with Crippen molar-refractivity contribution in [2.24, 2.45) is 5.92 Å². The molecule has 1 aromatic carbocycles. The Balaban J connectivity index is 1.58. The standard InChI is InChI=1S/C21H25N3O/c1-25-19-5-3-2-4-17(19)18-14-24(16-6-10-22-11-7-16)20-15-8-12-23(13-9-15)21(18)20/h2-7,10-11,15,18,20-21H,8-9,12-14H2,1H3/t18-,20+,21+/m0/s1. The van der Waals surface area contributed by atoms with Gasteiger partial charge in [0.1, 0.15) is 5.75 Å². The van der Waals surface area contributed by atoms with Gasteiger partial charge in [-0.05, 0) is 50.0 Å². The zero-order valence-electron chi connectivity index (χ0n) is 14.7. The predicted molar refractivity (Wildman–Crippen MR) is 99.2 cm³/mol. The number of ether oxygens (including phenoxy) is 1. The fourth-order valence-corrected chi connectivity index (χ4v) is 5.50. The molecule has 0 unspecified atom stereocenters. The highest BCUT2D eigenvalue weighted by Crippen LogP contribution is 2.49. The van der Waals surface area contributed by atoms with Gasteiger partial charge in [0.2, 0.25) is 0 Å². The summed E-state index contributed by atoms with van der Waals surface area (Å²) in [5, 5.41) is 0. The molecule has 0 N–H and O–H groups in total. The van der Waals surface area contributed by atoms with Crippen LogP contribution >= 0.6 is 0 Å². The van der Waals surface area contributed by atoms with Crippen LogP contribution in [0.3, 0.4) is 0 Å². The van der Waals surface area contributed by atoms with E-state index in [-0.39, 0.29) is 0 Å². The van der Waals surface area contributed by atoms with Crippen molar-refractivity contribution in [2.45, 2.75) is 30.8 Å². The molecule has 0 aliphatic carbocycles. The molecule has 0 radical (unpaired) electrons. The van der Waals surface area contributed by atoms with Gasteiger partial charge in [0, 0.05) is 48.2 Å². The molecule has 4 nitrogen and oxygen atoms in total. The molecule has 0 saturated carbocycles. The minimum atomic E-state index is 0.498. The van der Waals surface area contributed by atoms with Crippen LogP contribution in [-0.4, -0.2) is 48.7 Å². The molecule has 4 fully saturated rings. The lowest BCUT2D eigenvalue weighted by atomic mass is 9.75. The molecular formula is C21H25N3O. The maximum absolute atomic E-state index is 5.71. The molecule has 4 saturated heterocycles. The Bertz CT molecular complexity index is 742. The van der Waals surface area contributed by atoms with Crippen LogP contribution in [0.25, 0.3) is 0 Å². The molecule has 5 heterocycles. The topological polar surface area (TPSA) is 28.6 Å². The van der Waals surface area contributed by atoms with Gasteiger partial charge in [0.25, 0.3) is 0 Å². The number of nitrogens with zero attached hydrogens (tertiary/aromatic N) is 3. The lowest BCUT2D eigenvalue weighted by Gasteiger charge is -2.51. The van der Waals surface area contributed by atoms with Crippen molar-refractivity contribution in [2.75, 3.05) is 31.6 Å². The van der Waals surface area contributed by atoms with E-state index in [1.54, 1.807) is 7.11 Å². The highest BCUT2D eigenvalue weighted by molar-refractivity contribution is 5.52. The molecule has 4 aliphatic heterocycles. The summed E-state index contributed by atoms with van der Waals surface area (Å²) in [6, 6.07) is 14.1.